The predicted molar refractivity (Wildman–Crippen MR) is 70.6 cm³/mol. The van der Waals surface area contributed by atoms with Crippen molar-refractivity contribution in [3.8, 4) is 0 Å². The van der Waals surface area contributed by atoms with Crippen molar-refractivity contribution in [3.63, 3.8) is 0 Å². The van der Waals surface area contributed by atoms with E-state index in [-0.39, 0.29) is 9.88 Å². The molecule has 0 unspecified atom stereocenters. The summed E-state index contributed by atoms with van der Waals surface area (Å²) in [5.41, 5.74) is 1.01. The molecule has 0 aliphatic carbocycles. The Morgan fingerprint density at radius 2 is 1.94 bits per heavy atom. The Morgan fingerprint density at radius 1 is 1.35 bits per heavy atom. The summed E-state index contributed by atoms with van der Waals surface area (Å²) in [5, 5.41) is 0. The maximum atomic E-state index is 11.9. The lowest BCUT2D eigenvalue weighted by atomic mass is 10.2. The minimum Gasteiger partial charge on any atom is -0.384 e. The molecule has 0 aromatic heterocycles. The van der Waals surface area contributed by atoms with E-state index < -0.39 is 10.0 Å². The third-order valence-electron chi connectivity index (χ3n) is 2.11. The molecule has 17 heavy (non-hydrogen) atoms. The van der Waals surface area contributed by atoms with Crippen molar-refractivity contribution < 1.29 is 13.2 Å². The molecule has 4 nitrogen and oxygen atoms in total. The van der Waals surface area contributed by atoms with E-state index in [2.05, 4.69) is 4.72 Å². The van der Waals surface area contributed by atoms with Gasteiger partial charge in [0, 0.05) is 13.5 Å². The van der Waals surface area contributed by atoms with Gasteiger partial charge in [-0.2, -0.15) is 0 Å². The van der Waals surface area contributed by atoms with E-state index in [1.165, 1.54) is 7.11 Å². The molecule has 94 valence electrons. The quantitative estimate of drug-likeness (QED) is 0.829. The van der Waals surface area contributed by atoms with Gasteiger partial charge in [0.15, 0.2) is 0 Å². The largest absolute Gasteiger partial charge is 0.384 e. The van der Waals surface area contributed by atoms with Gasteiger partial charge in [-0.1, -0.05) is 29.9 Å². The lowest BCUT2D eigenvalue weighted by Crippen LogP contribution is -2.29. The molecule has 1 aromatic carbocycles. The number of ether oxygens (including phenoxy) is 1. The zero-order chi connectivity index (χ0) is 12.9. The van der Waals surface area contributed by atoms with Gasteiger partial charge in [0.2, 0.25) is 0 Å². The Kier molecular flexibility index (Phi) is 5.04. The number of hydrogen-bond donors (Lipinski definition) is 1. The highest BCUT2D eigenvalue weighted by Gasteiger charge is 2.14. The summed E-state index contributed by atoms with van der Waals surface area (Å²) in [6.07, 6.45) is 0.386. The summed E-state index contributed by atoms with van der Waals surface area (Å²) in [6.45, 7) is 2.29. The van der Waals surface area contributed by atoms with E-state index in [0.717, 1.165) is 5.56 Å². The minimum atomic E-state index is -3.55. The predicted octanol–water partition coefficient (Wildman–Crippen LogP) is 1.64. The van der Waals surface area contributed by atoms with Crippen LogP contribution >= 0.6 is 12.2 Å². The van der Waals surface area contributed by atoms with Gasteiger partial charge in [-0.15, -0.1) is 0 Å². The summed E-state index contributed by atoms with van der Waals surface area (Å²) < 4.78 is 30.9. The maximum absolute atomic E-state index is 11.9. The molecule has 0 spiro atoms. The Labute approximate surface area is 107 Å². The van der Waals surface area contributed by atoms with Crippen LogP contribution in [0.15, 0.2) is 29.2 Å². The molecule has 0 atom stereocenters. The fourth-order valence-corrected chi connectivity index (χ4v) is 2.60. The highest BCUT2D eigenvalue weighted by Crippen LogP contribution is 2.10. The molecule has 0 radical (unpaired) electrons. The van der Waals surface area contributed by atoms with Crippen molar-refractivity contribution in [2.75, 3.05) is 13.7 Å². The van der Waals surface area contributed by atoms with E-state index in [1.807, 2.05) is 6.92 Å². The van der Waals surface area contributed by atoms with E-state index in [4.69, 9.17) is 17.0 Å². The summed E-state index contributed by atoms with van der Waals surface area (Å²) in [7, 11) is -2.01. The molecule has 6 heteroatoms. The van der Waals surface area contributed by atoms with Crippen molar-refractivity contribution >= 4 is 27.2 Å². The molecule has 0 bridgehead atoms. The van der Waals surface area contributed by atoms with Crippen molar-refractivity contribution in [1.82, 2.24) is 4.72 Å². The van der Waals surface area contributed by atoms with Crippen LogP contribution in [0.2, 0.25) is 0 Å². The Morgan fingerprint density at radius 3 is 2.47 bits per heavy atom. The number of sulfonamides is 1. The van der Waals surface area contributed by atoms with Crippen molar-refractivity contribution in [3.05, 3.63) is 29.8 Å². The van der Waals surface area contributed by atoms with E-state index >= 15 is 0 Å². The summed E-state index contributed by atoms with van der Waals surface area (Å²) in [4.78, 5) is 0.468. The molecule has 1 aromatic rings. The molecule has 1 rings (SSSR count). The summed E-state index contributed by atoms with van der Waals surface area (Å²) in [5.74, 6) is 0. The monoisotopic (exact) mass is 273 g/mol. The standard InChI is InChI=1S/C11H15NO3S2/c1-9-3-5-10(6-4-9)17(13,14)12-11(16)7-8-15-2/h3-6H,7-8H2,1-2H3,(H,12,16). The number of hydrogen-bond acceptors (Lipinski definition) is 4. The van der Waals surface area contributed by atoms with Crippen LogP contribution in [0, 0.1) is 6.92 Å². The van der Waals surface area contributed by atoms with Gasteiger partial charge in [-0.05, 0) is 19.1 Å². The molecule has 0 saturated carbocycles. The molecule has 0 amide bonds. The van der Waals surface area contributed by atoms with Crippen LogP contribution in [0.1, 0.15) is 12.0 Å². The number of aryl methyl sites for hydroxylation is 1. The first-order valence-electron chi connectivity index (χ1n) is 5.07. The fraction of sp³-hybridized carbons (Fsp3) is 0.364. The number of rotatable bonds is 5. The molecule has 0 aliphatic rings. The minimum absolute atomic E-state index is 0.211. The Hall–Kier alpha value is -0.980. The first kappa shape index (κ1) is 14.1. The summed E-state index contributed by atoms with van der Waals surface area (Å²) in [6, 6.07) is 6.59. The van der Waals surface area contributed by atoms with Gasteiger partial charge in [0.1, 0.15) is 0 Å². The van der Waals surface area contributed by atoms with Crippen molar-refractivity contribution in [2.45, 2.75) is 18.2 Å². The van der Waals surface area contributed by atoms with Crippen LogP contribution in [0.3, 0.4) is 0 Å². The maximum Gasteiger partial charge on any atom is 0.262 e. The van der Waals surface area contributed by atoms with Crippen LogP contribution in [0.4, 0.5) is 0 Å². The van der Waals surface area contributed by atoms with Crippen LogP contribution in [0.5, 0.6) is 0 Å². The molecule has 0 saturated heterocycles. The average molecular weight is 273 g/mol. The van der Waals surface area contributed by atoms with E-state index in [9.17, 15) is 8.42 Å². The normalized spacial score (nSPS) is 11.2. The second-order valence-electron chi connectivity index (χ2n) is 3.58. The molecule has 0 aliphatic heterocycles. The van der Waals surface area contributed by atoms with Crippen LogP contribution in [-0.4, -0.2) is 27.1 Å². The summed E-state index contributed by atoms with van der Waals surface area (Å²) >= 11 is 4.92. The average Bonchev–Trinajstić information content (AvgIpc) is 2.26. The fourth-order valence-electron chi connectivity index (χ4n) is 1.17. The van der Waals surface area contributed by atoms with Crippen LogP contribution in [0.25, 0.3) is 0 Å². The zero-order valence-electron chi connectivity index (χ0n) is 9.76. The second kappa shape index (κ2) is 6.09. The van der Waals surface area contributed by atoms with Crippen molar-refractivity contribution in [2.24, 2.45) is 0 Å². The van der Waals surface area contributed by atoms with Gasteiger partial charge in [-0.3, -0.25) is 4.72 Å². The SMILES string of the molecule is COCCC(=S)NS(=O)(=O)c1ccc(C)cc1. The first-order chi connectivity index (χ1) is 7.95. The van der Waals surface area contributed by atoms with Crippen LogP contribution < -0.4 is 4.72 Å². The second-order valence-corrected chi connectivity index (χ2v) is 5.76. The lowest BCUT2D eigenvalue weighted by Gasteiger charge is -2.08. The number of nitrogens with one attached hydrogen (secondary N) is 1. The van der Waals surface area contributed by atoms with Gasteiger partial charge >= 0.3 is 0 Å². The highest BCUT2D eigenvalue weighted by molar-refractivity contribution is 7.91. The third kappa shape index (κ3) is 4.41. The number of methoxy groups -OCH3 is 1. The molecule has 0 fully saturated rings. The molecule has 0 heterocycles. The number of benzene rings is 1. The van der Waals surface area contributed by atoms with Gasteiger partial charge in [0.25, 0.3) is 10.0 Å². The number of thiocarbonyl (C=S) groups is 1. The Bertz CT molecular complexity index is 480. The third-order valence-corrected chi connectivity index (χ3v) is 3.96. The first-order valence-corrected chi connectivity index (χ1v) is 6.96. The van der Waals surface area contributed by atoms with Gasteiger partial charge in [0.05, 0.1) is 16.5 Å². The van der Waals surface area contributed by atoms with Gasteiger partial charge < -0.3 is 4.74 Å². The topological polar surface area (TPSA) is 55.4 Å². The van der Waals surface area contributed by atoms with Gasteiger partial charge in [-0.25, -0.2) is 8.42 Å². The van der Waals surface area contributed by atoms with Crippen molar-refractivity contribution in [1.29, 1.82) is 0 Å². The van der Waals surface area contributed by atoms with Crippen LogP contribution in [-0.2, 0) is 14.8 Å². The Balaban J connectivity index is 2.75. The molecule has 1 N–H and O–H groups in total. The molecular weight excluding hydrogens is 258 g/mol. The molecular formula is C11H15NO3S2. The highest BCUT2D eigenvalue weighted by atomic mass is 32.2. The smallest absolute Gasteiger partial charge is 0.262 e. The zero-order valence-corrected chi connectivity index (χ0v) is 11.4. The lowest BCUT2D eigenvalue weighted by molar-refractivity contribution is 0.207. The van der Waals surface area contributed by atoms with E-state index in [1.54, 1.807) is 24.3 Å². The van der Waals surface area contributed by atoms with E-state index in [0.29, 0.717) is 13.0 Å².